The highest BCUT2D eigenvalue weighted by atomic mass is 16.5. The second kappa shape index (κ2) is 4.57. The zero-order valence-corrected chi connectivity index (χ0v) is 10.3. The van der Waals surface area contributed by atoms with Crippen LogP contribution in [-0.4, -0.2) is 11.6 Å². The van der Waals surface area contributed by atoms with Gasteiger partial charge in [0.05, 0.1) is 6.61 Å². The molecular weight excluding hydrogens is 222 g/mol. The van der Waals surface area contributed by atoms with Gasteiger partial charge in [-0.05, 0) is 31.2 Å². The maximum Gasteiger partial charge on any atom is 0.119 e. The minimum atomic E-state index is 0.691. The molecule has 0 atom stereocenters. The predicted octanol–water partition coefficient (Wildman–Crippen LogP) is 4.23. The summed E-state index contributed by atoms with van der Waals surface area (Å²) in [6, 6.07) is 18.6. The quantitative estimate of drug-likeness (QED) is 0.724. The van der Waals surface area contributed by atoms with Gasteiger partial charge in [-0.15, -0.1) is 0 Å². The first-order valence-electron chi connectivity index (χ1n) is 6.18. The van der Waals surface area contributed by atoms with Gasteiger partial charge in [-0.3, -0.25) is 0 Å². The van der Waals surface area contributed by atoms with E-state index in [9.17, 15) is 0 Å². The van der Waals surface area contributed by atoms with Crippen LogP contribution in [0.5, 0.6) is 5.75 Å². The van der Waals surface area contributed by atoms with Crippen molar-refractivity contribution < 1.29 is 4.74 Å². The van der Waals surface area contributed by atoms with Crippen molar-refractivity contribution in [2.24, 2.45) is 0 Å². The van der Waals surface area contributed by atoms with E-state index in [1.165, 1.54) is 5.39 Å². The maximum absolute atomic E-state index is 5.53. The molecule has 18 heavy (non-hydrogen) atoms. The Kier molecular flexibility index (Phi) is 2.77. The fourth-order valence-corrected chi connectivity index (χ4v) is 2.15. The molecule has 3 aromatic rings. The van der Waals surface area contributed by atoms with Crippen molar-refractivity contribution in [2.45, 2.75) is 6.92 Å². The molecule has 0 aliphatic carbocycles. The van der Waals surface area contributed by atoms with Gasteiger partial charge in [0.2, 0.25) is 0 Å². The van der Waals surface area contributed by atoms with Gasteiger partial charge >= 0.3 is 0 Å². The number of para-hydroxylation sites is 1. The van der Waals surface area contributed by atoms with E-state index < -0.39 is 0 Å². The number of benzene rings is 2. The van der Waals surface area contributed by atoms with Crippen LogP contribution in [0.1, 0.15) is 6.92 Å². The number of hydrogen-bond donors (Lipinski definition) is 1. The molecule has 0 fully saturated rings. The standard InChI is InChI=1S/C16H15NO/c1-2-18-14-8-5-7-12(10-14)16-11-13-6-3-4-9-15(13)17-16/h3-11,17H,2H2,1H3. The van der Waals surface area contributed by atoms with Crippen LogP contribution in [0.3, 0.4) is 0 Å². The van der Waals surface area contributed by atoms with Crippen molar-refractivity contribution in [2.75, 3.05) is 6.61 Å². The molecule has 0 amide bonds. The van der Waals surface area contributed by atoms with Gasteiger partial charge in [0.15, 0.2) is 0 Å². The lowest BCUT2D eigenvalue weighted by atomic mass is 10.1. The van der Waals surface area contributed by atoms with Crippen molar-refractivity contribution in [3.8, 4) is 17.0 Å². The highest BCUT2D eigenvalue weighted by Crippen LogP contribution is 2.26. The zero-order valence-electron chi connectivity index (χ0n) is 10.3. The third-order valence-electron chi connectivity index (χ3n) is 2.99. The SMILES string of the molecule is CCOc1cccc(-c2cc3ccccc3[nH]2)c1. The lowest BCUT2D eigenvalue weighted by Gasteiger charge is -2.04. The largest absolute Gasteiger partial charge is 0.494 e. The summed E-state index contributed by atoms with van der Waals surface area (Å²) in [5, 5.41) is 1.23. The molecule has 1 N–H and O–H groups in total. The van der Waals surface area contributed by atoms with E-state index in [0.29, 0.717) is 6.61 Å². The number of hydrogen-bond acceptors (Lipinski definition) is 1. The topological polar surface area (TPSA) is 25.0 Å². The molecule has 0 radical (unpaired) electrons. The van der Waals surface area contributed by atoms with Gasteiger partial charge in [-0.2, -0.15) is 0 Å². The summed E-state index contributed by atoms with van der Waals surface area (Å²) in [6.45, 7) is 2.69. The van der Waals surface area contributed by atoms with Gasteiger partial charge in [-0.1, -0.05) is 30.3 Å². The lowest BCUT2D eigenvalue weighted by molar-refractivity contribution is 0.340. The van der Waals surface area contributed by atoms with E-state index in [-0.39, 0.29) is 0 Å². The minimum Gasteiger partial charge on any atom is -0.494 e. The van der Waals surface area contributed by atoms with Crippen LogP contribution in [0.2, 0.25) is 0 Å². The number of fused-ring (bicyclic) bond motifs is 1. The number of ether oxygens (including phenoxy) is 1. The van der Waals surface area contributed by atoms with Crippen LogP contribution in [0.4, 0.5) is 0 Å². The Hall–Kier alpha value is -2.22. The monoisotopic (exact) mass is 237 g/mol. The Balaban J connectivity index is 2.05. The molecule has 0 bridgehead atoms. The Bertz CT molecular complexity index is 636. The molecule has 0 spiro atoms. The third kappa shape index (κ3) is 1.97. The highest BCUT2D eigenvalue weighted by molar-refractivity contribution is 5.85. The molecule has 0 aliphatic rings. The van der Waals surface area contributed by atoms with Crippen LogP contribution in [0.15, 0.2) is 54.6 Å². The first-order valence-corrected chi connectivity index (χ1v) is 6.18. The summed E-state index contributed by atoms with van der Waals surface area (Å²) >= 11 is 0. The molecule has 0 aliphatic heterocycles. The van der Waals surface area contributed by atoms with Crippen molar-refractivity contribution in [3.63, 3.8) is 0 Å². The van der Waals surface area contributed by atoms with Gasteiger partial charge in [0.1, 0.15) is 5.75 Å². The molecule has 1 heterocycles. The van der Waals surface area contributed by atoms with Gasteiger partial charge in [-0.25, -0.2) is 0 Å². The number of aromatic amines is 1. The zero-order chi connectivity index (χ0) is 12.4. The van der Waals surface area contributed by atoms with Gasteiger partial charge in [0, 0.05) is 22.2 Å². The maximum atomic E-state index is 5.53. The first kappa shape index (κ1) is 10.9. The number of aromatic nitrogens is 1. The summed E-state index contributed by atoms with van der Waals surface area (Å²) < 4.78 is 5.53. The van der Waals surface area contributed by atoms with E-state index in [1.807, 2.05) is 25.1 Å². The Labute approximate surface area is 106 Å². The molecule has 0 saturated heterocycles. The van der Waals surface area contributed by atoms with Crippen molar-refractivity contribution in [3.05, 3.63) is 54.6 Å². The molecular formula is C16H15NO. The molecule has 0 unspecified atom stereocenters. The Morgan fingerprint density at radius 2 is 1.89 bits per heavy atom. The van der Waals surface area contributed by atoms with Gasteiger partial charge in [0.25, 0.3) is 0 Å². The van der Waals surface area contributed by atoms with Crippen LogP contribution in [0, 0.1) is 0 Å². The highest BCUT2D eigenvalue weighted by Gasteiger charge is 2.03. The van der Waals surface area contributed by atoms with Crippen molar-refractivity contribution in [1.82, 2.24) is 4.98 Å². The molecule has 0 saturated carbocycles. The molecule has 2 nitrogen and oxygen atoms in total. The fraction of sp³-hybridized carbons (Fsp3) is 0.125. The van der Waals surface area contributed by atoms with E-state index >= 15 is 0 Å². The second-order valence-electron chi connectivity index (χ2n) is 4.23. The van der Waals surface area contributed by atoms with E-state index in [2.05, 4.69) is 41.4 Å². The third-order valence-corrected chi connectivity index (χ3v) is 2.99. The summed E-state index contributed by atoms with van der Waals surface area (Å²) in [7, 11) is 0. The average molecular weight is 237 g/mol. The minimum absolute atomic E-state index is 0.691. The first-order chi connectivity index (χ1) is 8.86. The normalized spacial score (nSPS) is 10.7. The smallest absolute Gasteiger partial charge is 0.119 e. The average Bonchev–Trinajstić information content (AvgIpc) is 2.83. The van der Waals surface area contributed by atoms with Crippen LogP contribution >= 0.6 is 0 Å². The van der Waals surface area contributed by atoms with Crippen LogP contribution in [-0.2, 0) is 0 Å². The molecule has 1 aromatic heterocycles. The molecule has 3 rings (SSSR count). The van der Waals surface area contributed by atoms with Crippen LogP contribution < -0.4 is 4.74 Å². The van der Waals surface area contributed by atoms with Crippen molar-refractivity contribution >= 4 is 10.9 Å². The second-order valence-corrected chi connectivity index (χ2v) is 4.23. The Morgan fingerprint density at radius 3 is 2.72 bits per heavy atom. The van der Waals surface area contributed by atoms with E-state index in [0.717, 1.165) is 22.5 Å². The van der Waals surface area contributed by atoms with Crippen molar-refractivity contribution in [1.29, 1.82) is 0 Å². The van der Waals surface area contributed by atoms with Gasteiger partial charge < -0.3 is 9.72 Å². The molecule has 2 aromatic carbocycles. The molecule has 90 valence electrons. The predicted molar refractivity (Wildman–Crippen MR) is 74.9 cm³/mol. The number of nitrogens with one attached hydrogen (secondary N) is 1. The summed E-state index contributed by atoms with van der Waals surface area (Å²) in [4.78, 5) is 3.43. The molecule has 2 heteroatoms. The summed E-state index contributed by atoms with van der Waals surface area (Å²) in [5.74, 6) is 0.911. The lowest BCUT2D eigenvalue weighted by Crippen LogP contribution is -1.91. The fourth-order valence-electron chi connectivity index (χ4n) is 2.15. The number of H-pyrrole nitrogens is 1. The summed E-state index contributed by atoms with van der Waals surface area (Å²) in [6.07, 6.45) is 0. The van der Waals surface area contributed by atoms with Crippen LogP contribution in [0.25, 0.3) is 22.2 Å². The summed E-state index contributed by atoms with van der Waals surface area (Å²) in [5.41, 5.74) is 3.43. The number of rotatable bonds is 3. The Morgan fingerprint density at radius 1 is 1.00 bits per heavy atom. The van der Waals surface area contributed by atoms with E-state index in [1.54, 1.807) is 0 Å². The van der Waals surface area contributed by atoms with E-state index in [4.69, 9.17) is 4.74 Å².